The van der Waals surface area contributed by atoms with E-state index in [4.69, 9.17) is 9.47 Å². The van der Waals surface area contributed by atoms with Gasteiger partial charge in [0.05, 0.1) is 11.8 Å². The van der Waals surface area contributed by atoms with Gasteiger partial charge in [0.25, 0.3) is 0 Å². The number of hydrogen-bond donors (Lipinski definition) is 0. The van der Waals surface area contributed by atoms with Crippen LogP contribution in [0.1, 0.15) is 25.7 Å². The number of para-hydroxylation sites is 2. The minimum atomic E-state index is -0.265. The van der Waals surface area contributed by atoms with Gasteiger partial charge in [-0.05, 0) is 43.5 Å². The molecule has 3 rings (SSSR count). The third kappa shape index (κ3) is 4.22. The Labute approximate surface area is 141 Å². The first-order valence-corrected chi connectivity index (χ1v) is 8.26. The molecule has 0 aromatic heterocycles. The van der Waals surface area contributed by atoms with Gasteiger partial charge in [-0.25, -0.2) is 0 Å². The first kappa shape index (κ1) is 16.2. The molecule has 0 radical (unpaired) electrons. The van der Waals surface area contributed by atoms with Crippen LogP contribution >= 0.6 is 0 Å². The molecule has 0 N–H and O–H groups in total. The third-order valence-corrected chi connectivity index (χ3v) is 4.26. The van der Waals surface area contributed by atoms with Crippen LogP contribution in [-0.2, 0) is 9.59 Å². The van der Waals surface area contributed by atoms with Gasteiger partial charge >= 0.3 is 11.9 Å². The van der Waals surface area contributed by atoms with Gasteiger partial charge in [0.15, 0.2) is 0 Å². The average Bonchev–Trinajstić information content (AvgIpc) is 2.63. The predicted molar refractivity (Wildman–Crippen MR) is 89.6 cm³/mol. The minimum absolute atomic E-state index is 0.257. The molecular weight excluding hydrogens is 304 g/mol. The van der Waals surface area contributed by atoms with E-state index in [1.165, 1.54) is 0 Å². The van der Waals surface area contributed by atoms with E-state index >= 15 is 0 Å². The van der Waals surface area contributed by atoms with Crippen molar-refractivity contribution in [1.82, 2.24) is 0 Å². The maximum absolute atomic E-state index is 12.3. The molecule has 0 bridgehead atoms. The molecule has 0 saturated heterocycles. The van der Waals surface area contributed by atoms with Crippen molar-refractivity contribution in [1.29, 1.82) is 0 Å². The summed E-state index contributed by atoms with van der Waals surface area (Å²) >= 11 is 0. The van der Waals surface area contributed by atoms with E-state index in [1.807, 2.05) is 36.4 Å². The van der Waals surface area contributed by atoms with Crippen molar-refractivity contribution in [3.63, 3.8) is 0 Å². The molecule has 0 aliphatic heterocycles. The number of ether oxygens (including phenoxy) is 2. The van der Waals surface area contributed by atoms with Crippen LogP contribution in [0.25, 0.3) is 0 Å². The summed E-state index contributed by atoms with van der Waals surface area (Å²) < 4.78 is 10.8. The van der Waals surface area contributed by atoms with Gasteiger partial charge in [-0.3, -0.25) is 9.59 Å². The maximum Gasteiger partial charge on any atom is 0.314 e. The van der Waals surface area contributed by atoms with Crippen molar-refractivity contribution in [2.24, 2.45) is 11.8 Å². The topological polar surface area (TPSA) is 52.6 Å². The lowest BCUT2D eigenvalue weighted by atomic mass is 9.81. The summed E-state index contributed by atoms with van der Waals surface area (Å²) in [6.45, 7) is 0. The number of carbonyl (C=O) groups is 2. The second-order valence-electron chi connectivity index (χ2n) is 6.03. The Hall–Kier alpha value is -2.62. The van der Waals surface area contributed by atoms with E-state index in [1.54, 1.807) is 24.3 Å². The van der Waals surface area contributed by atoms with Gasteiger partial charge in [-0.1, -0.05) is 42.8 Å². The zero-order valence-electron chi connectivity index (χ0n) is 13.4. The van der Waals surface area contributed by atoms with Gasteiger partial charge in [0.1, 0.15) is 11.5 Å². The fraction of sp³-hybridized carbons (Fsp3) is 0.300. The first-order valence-electron chi connectivity index (χ1n) is 8.26. The van der Waals surface area contributed by atoms with E-state index < -0.39 is 0 Å². The molecule has 2 atom stereocenters. The van der Waals surface area contributed by atoms with E-state index in [0.29, 0.717) is 17.9 Å². The Balaban J connectivity index is 1.57. The molecule has 2 unspecified atom stereocenters. The van der Waals surface area contributed by atoms with Gasteiger partial charge in [0, 0.05) is 0 Å². The number of esters is 2. The van der Waals surface area contributed by atoms with Crippen molar-refractivity contribution in [2.75, 3.05) is 0 Å². The van der Waals surface area contributed by atoms with Crippen molar-refractivity contribution >= 4 is 11.9 Å². The Morgan fingerprint density at radius 2 is 1.12 bits per heavy atom. The second-order valence-corrected chi connectivity index (χ2v) is 6.03. The lowest BCUT2D eigenvalue weighted by Crippen LogP contribution is -2.31. The molecule has 1 aliphatic rings. The number of rotatable bonds is 4. The minimum Gasteiger partial charge on any atom is -0.426 e. The van der Waals surface area contributed by atoms with Crippen LogP contribution in [-0.4, -0.2) is 11.9 Å². The van der Waals surface area contributed by atoms with Gasteiger partial charge in [-0.2, -0.15) is 0 Å². The van der Waals surface area contributed by atoms with E-state index in [0.717, 1.165) is 19.3 Å². The fourth-order valence-corrected chi connectivity index (χ4v) is 2.99. The molecule has 4 heteroatoms. The molecule has 1 fully saturated rings. The summed E-state index contributed by atoms with van der Waals surface area (Å²) in [6, 6.07) is 18.0. The molecule has 24 heavy (non-hydrogen) atoms. The normalized spacial score (nSPS) is 20.2. The zero-order valence-corrected chi connectivity index (χ0v) is 13.4. The summed E-state index contributed by atoms with van der Waals surface area (Å²) in [7, 11) is 0. The summed E-state index contributed by atoms with van der Waals surface area (Å²) in [5, 5.41) is 0. The van der Waals surface area contributed by atoms with Crippen LogP contribution in [0, 0.1) is 11.8 Å². The summed E-state index contributed by atoms with van der Waals surface area (Å²) in [4.78, 5) is 24.6. The van der Waals surface area contributed by atoms with Crippen LogP contribution < -0.4 is 9.47 Å². The predicted octanol–water partition coefficient (Wildman–Crippen LogP) is 4.00. The first-order chi connectivity index (χ1) is 11.7. The molecule has 2 aromatic rings. The Kier molecular flexibility index (Phi) is 5.26. The van der Waals surface area contributed by atoms with E-state index in [2.05, 4.69) is 0 Å². The van der Waals surface area contributed by atoms with E-state index in [-0.39, 0.29) is 23.8 Å². The van der Waals surface area contributed by atoms with Gasteiger partial charge in [0.2, 0.25) is 0 Å². The summed E-state index contributed by atoms with van der Waals surface area (Å²) in [6.07, 6.45) is 2.81. The Morgan fingerprint density at radius 3 is 1.54 bits per heavy atom. The zero-order chi connectivity index (χ0) is 16.8. The van der Waals surface area contributed by atoms with Gasteiger partial charge in [-0.15, -0.1) is 0 Å². The molecule has 0 spiro atoms. The molecular formula is C20H20O4. The largest absolute Gasteiger partial charge is 0.426 e. The number of hydrogen-bond acceptors (Lipinski definition) is 4. The van der Waals surface area contributed by atoms with Crippen LogP contribution in [0.15, 0.2) is 60.7 Å². The van der Waals surface area contributed by atoms with Crippen LogP contribution in [0.4, 0.5) is 0 Å². The quantitative estimate of drug-likeness (QED) is 0.630. The molecule has 2 aromatic carbocycles. The molecule has 0 heterocycles. The lowest BCUT2D eigenvalue weighted by Gasteiger charge is -2.26. The fourth-order valence-electron chi connectivity index (χ4n) is 2.99. The molecule has 1 saturated carbocycles. The Bertz CT molecular complexity index is 622. The third-order valence-electron chi connectivity index (χ3n) is 4.26. The van der Waals surface area contributed by atoms with Crippen LogP contribution in [0.2, 0.25) is 0 Å². The molecule has 0 amide bonds. The van der Waals surface area contributed by atoms with E-state index in [9.17, 15) is 9.59 Å². The van der Waals surface area contributed by atoms with Gasteiger partial charge < -0.3 is 9.47 Å². The highest BCUT2D eigenvalue weighted by molar-refractivity contribution is 5.79. The highest BCUT2D eigenvalue weighted by Gasteiger charge is 2.33. The molecule has 124 valence electrons. The van der Waals surface area contributed by atoms with Crippen molar-refractivity contribution in [3.8, 4) is 11.5 Å². The monoisotopic (exact) mass is 324 g/mol. The highest BCUT2D eigenvalue weighted by atomic mass is 16.5. The van der Waals surface area contributed by atoms with Crippen molar-refractivity contribution < 1.29 is 19.1 Å². The highest BCUT2D eigenvalue weighted by Crippen LogP contribution is 2.31. The standard InChI is InChI=1S/C20H20O4/c21-19(23-17-10-3-1-4-11-17)15-8-7-9-16(14-15)20(22)24-18-12-5-2-6-13-18/h1-6,10-13,15-16H,7-9,14H2. The average molecular weight is 324 g/mol. The SMILES string of the molecule is O=C(Oc1ccccc1)C1CCCC(C(=O)Oc2ccccc2)C1. The maximum atomic E-state index is 12.3. The number of carbonyl (C=O) groups excluding carboxylic acids is 2. The molecule has 1 aliphatic carbocycles. The van der Waals surface area contributed by atoms with Crippen LogP contribution in [0.5, 0.6) is 11.5 Å². The number of benzene rings is 2. The summed E-state index contributed by atoms with van der Waals surface area (Å²) in [5.74, 6) is 0.0318. The second kappa shape index (κ2) is 7.77. The molecule has 4 nitrogen and oxygen atoms in total. The Morgan fingerprint density at radius 1 is 0.708 bits per heavy atom. The van der Waals surface area contributed by atoms with Crippen LogP contribution in [0.3, 0.4) is 0 Å². The smallest absolute Gasteiger partial charge is 0.314 e. The lowest BCUT2D eigenvalue weighted by molar-refractivity contribution is -0.144. The summed E-state index contributed by atoms with van der Waals surface area (Å²) in [5.41, 5.74) is 0. The van der Waals surface area contributed by atoms with Crippen molar-refractivity contribution in [2.45, 2.75) is 25.7 Å². The van der Waals surface area contributed by atoms with Crippen molar-refractivity contribution in [3.05, 3.63) is 60.7 Å².